The van der Waals surface area contributed by atoms with Crippen molar-refractivity contribution in [1.29, 1.82) is 0 Å². The van der Waals surface area contributed by atoms with Crippen LogP contribution in [0.4, 0.5) is 5.69 Å². The van der Waals surface area contributed by atoms with Crippen LogP contribution in [0.1, 0.15) is 10.4 Å². The second-order valence-electron chi connectivity index (χ2n) is 4.33. The van der Waals surface area contributed by atoms with E-state index in [2.05, 4.69) is 31.2 Å². The number of amides is 1. The maximum absolute atomic E-state index is 12.3. The number of carbonyl (C=O) groups excluding carboxylic acids is 1. The van der Waals surface area contributed by atoms with E-state index in [1.54, 1.807) is 24.4 Å². The number of anilines is 1. The topological polar surface area (TPSA) is 54.9 Å². The predicted octanol–water partition coefficient (Wildman–Crippen LogP) is 4.30. The summed E-state index contributed by atoms with van der Waals surface area (Å²) in [6.07, 6.45) is 3.23. The quantitative estimate of drug-likeness (QED) is 0.692. The fourth-order valence-electron chi connectivity index (χ4n) is 1.98. The summed E-state index contributed by atoms with van der Waals surface area (Å²) in [6, 6.07) is 10.8. The zero-order valence-corrected chi connectivity index (χ0v) is 13.0. The minimum absolute atomic E-state index is 0.172. The Balaban J connectivity index is 1.99. The van der Waals surface area contributed by atoms with Crippen LogP contribution in [0.3, 0.4) is 0 Å². The average molecular weight is 363 g/mol. The zero-order valence-electron chi connectivity index (χ0n) is 10.7. The van der Waals surface area contributed by atoms with Crippen LogP contribution in [0.5, 0.6) is 0 Å². The monoisotopic (exact) mass is 361 g/mol. The molecule has 0 aliphatic heterocycles. The lowest BCUT2D eigenvalue weighted by Gasteiger charge is -2.08. The van der Waals surface area contributed by atoms with E-state index in [9.17, 15) is 4.79 Å². The van der Waals surface area contributed by atoms with Crippen molar-refractivity contribution in [2.45, 2.75) is 0 Å². The van der Waals surface area contributed by atoms with Crippen LogP contribution in [0.15, 0.2) is 53.3 Å². The molecule has 1 amide bonds. The fraction of sp³-hybridized carbons (Fsp3) is 0. The molecule has 1 N–H and O–H groups in total. The summed E-state index contributed by atoms with van der Waals surface area (Å²) in [4.78, 5) is 20.5. The number of halogens is 2. The van der Waals surface area contributed by atoms with E-state index in [4.69, 9.17) is 11.6 Å². The highest BCUT2D eigenvalue weighted by Gasteiger charge is 2.12. The van der Waals surface area contributed by atoms with Crippen molar-refractivity contribution in [2.24, 2.45) is 0 Å². The van der Waals surface area contributed by atoms with Gasteiger partial charge in [0.05, 0.1) is 16.8 Å². The normalized spacial score (nSPS) is 10.6. The maximum atomic E-state index is 12.3. The van der Waals surface area contributed by atoms with Crippen molar-refractivity contribution in [1.82, 2.24) is 9.97 Å². The summed E-state index contributed by atoms with van der Waals surface area (Å²) in [5, 5.41) is 3.92. The Kier molecular flexibility index (Phi) is 3.86. The van der Waals surface area contributed by atoms with Crippen molar-refractivity contribution in [3.8, 4) is 0 Å². The molecule has 0 saturated heterocycles. The summed E-state index contributed by atoms with van der Waals surface area (Å²) in [5.74, 6) is -0.315. The van der Waals surface area contributed by atoms with Crippen molar-refractivity contribution >= 4 is 50.0 Å². The van der Waals surface area contributed by atoms with Gasteiger partial charge < -0.3 is 5.32 Å². The lowest BCUT2D eigenvalue weighted by atomic mass is 10.2. The smallest absolute Gasteiger partial charge is 0.258 e. The number of nitrogens with one attached hydrogen (secondary N) is 1. The highest BCUT2D eigenvalue weighted by Crippen LogP contribution is 2.24. The molecule has 0 aliphatic rings. The Morgan fingerprint density at radius 1 is 1.19 bits per heavy atom. The van der Waals surface area contributed by atoms with E-state index in [1.807, 2.05) is 18.2 Å². The number of nitrogens with zero attached hydrogens (tertiary/aromatic N) is 2. The lowest BCUT2D eigenvalue weighted by Crippen LogP contribution is -2.13. The zero-order chi connectivity index (χ0) is 14.8. The Morgan fingerprint density at radius 2 is 2.05 bits per heavy atom. The number of carbonyl (C=O) groups is 1. The minimum Gasteiger partial charge on any atom is -0.320 e. The fourth-order valence-corrected chi connectivity index (χ4v) is 2.53. The molecule has 0 unspecified atom stereocenters. The molecule has 0 bridgehead atoms. The second kappa shape index (κ2) is 5.79. The van der Waals surface area contributed by atoms with Crippen LogP contribution in [0, 0.1) is 0 Å². The van der Waals surface area contributed by atoms with Gasteiger partial charge in [0.15, 0.2) is 0 Å². The van der Waals surface area contributed by atoms with E-state index in [0.717, 1.165) is 9.86 Å². The highest BCUT2D eigenvalue weighted by molar-refractivity contribution is 9.10. The van der Waals surface area contributed by atoms with Gasteiger partial charge in [-0.15, -0.1) is 0 Å². The summed E-state index contributed by atoms with van der Waals surface area (Å²) in [7, 11) is 0. The van der Waals surface area contributed by atoms with Gasteiger partial charge in [0.1, 0.15) is 5.15 Å². The number of benzene rings is 1. The van der Waals surface area contributed by atoms with E-state index in [-0.39, 0.29) is 11.1 Å². The highest BCUT2D eigenvalue weighted by atomic mass is 79.9. The molecule has 0 spiro atoms. The molecule has 0 saturated carbocycles. The third-order valence-corrected chi connectivity index (χ3v) is 3.66. The Hall–Kier alpha value is -1.98. The summed E-state index contributed by atoms with van der Waals surface area (Å²) < 4.78 is 0.883. The number of hydrogen-bond acceptors (Lipinski definition) is 3. The van der Waals surface area contributed by atoms with Gasteiger partial charge >= 0.3 is 0 Å². The van der Waals surface area contributed by atoms with Crippen LogP contribution in [0.25, 0.3) is 10.9 Å². The number of fused-ring (bicyclic) bond motifs is 1. The molecule has 0 aliphatic carbocycles. The van der Waals surface area contributed by atoms with Gasteiger partial charge in [-0.1, -0.05) is 23.7 Å². The molecular formula is C15H9BrClN3O. The van der Waals surface area contributed by atoms with Crippen molar-refractivity contribution in [3.63, 3.8) is 0 Å². The SMILES string of the molecule is O=C(Nc1cccc2cc(Br)cnc12)c1cccnc1Cl. The molecule has 3 rings (SSSR count). The molecule has 21 heavy (non-hydrogen) atoms. The van der Waals surface area contributed by atoms with E-state index < -0.39 is 0 Å². The van der Waals surface area contributed by atoms with Crippen LogP contribution in [-0.2, 0) is 0 Å². The number of hydrogen-bond donors (Lipinski definition) is 1. The van der Waals surface area contributed by atoms with E-state index in [0.29, 0.717) is 16.8 Å². The molecule has 2 heterocycles. The molecule has 2 aromatic heterocycles. The largest absolute Gasteiger partial charge is 0.320 e. The summed E-state index contributed by atoms with van der Waals surface area (Å²) in [5.41, 5.74) is 1.67. The van der Waals surface area contributed by atoms with Crippen molar-refractivity contribution in [3.05, 3.63) is 64.0 Å². The van der Waals surface area contributed by atoms with Gasteiger partial charge in [0.25, 0.3) is 5.91 Å². The Bertz CT molecular complexity index is 838. The molecule has 104 valence electrons. The van der Waals surface area contributed by atoms with Crippen LogP contribution >= 0.6 is 27.5 Å². The first-order chi connectivity index (χ1) is 10.1. The molecule has 1 aromatic carbocycles. The average Bonchev–Trinajstić information content (AvgIpc) is 2.47. The van der Waals surface area contributed by atoms with Gasteiger partial charge in [-0.25, -0.2) is 4.98 Å². The number of para-hydroxylation sites is 1. The predicted molar refractivity (Wildman–Crippen MR) is 86.6 cm³/mol. The third kappa shape index (κ3) is 2.89. The van der Waals surface area contributed by atoms with Crippen LogP contribution in [-0.4, -0.2) is 15.9 Å². The number of rotatable bonds is 2. The second-order valence-corrected chi connectivity index (χ2v) is 5.60. The molecule has 0 fully saturated rings. The molecule has 0 radical (unpaired) electrons. The van der Waals surface area contributed by atoms with E-state index >= 15 is 0 Å². The molecule has 4 nitrogen and oxygen atoms in total. The first kappa shape index (κ1) is 14.0. The minimum atomic E-state index is -0.315. The summed E-state index contributed by atoms with van der Waals surface area (Å²) >= 11 is 9.31. The number of aromatic nitrogens is 2. The Morgan fingerprint density at radius 3 is 2.86 bits per heavy atom. The number of pyridine rings is 2. The van der Waals surface area contributed by atoms with Gasteiger partial charge in [0, 0.05) is 22.3 Å². The standard InChI is InChI=1S/C15H9BrClN3O/c16-10-7-9-3-1-5-12(13(9)19-8-10)20-15(21)11-4-2-6-18-14(11)17/h1-8H,(H,20,21). The molecule has 6 heteroatoms. The van der Waals surface area contributed by atoms with E-state index in [1.165, 1.54) is 6.20 Å². The molecule has 0 atom stereocenters. The van der Waals surface area contributed by atoms with Crippen molar-refractivity contribution < 1.29 is 4.79 Å². The third-order valence-electron chi connectivity index (χ3n) is 2.93. The first-order valence-electron chi connectivity index (χ1n) is 6.11. The van der Waals surface area contributed by atoms with Crippen LogP contribution < -0.4 is 5.32 Å². The van der Waals surface area contributed by atoms with Gasteiger partial charge in [-0.3, -0.25) is 9.78 Å². The summed E-state index contributed by atoms with van der Waals surface area (Å²) in [6.45, 7) is 0. The van der Waals surface area contributed by atoms with Crippen LogP contribution in [0.2, 0.25) is 5.15 Å². The van der Waals surface area contributed by atoms with Gasteiger partial charge in [0.2, 0.25) is 0 Å². The molecule has 3 aromatic rings. The maximum Gasteiger partial charge on any atom is 0.258 e. The Labute approximate surface area is 134 Å². The van der Waals surface area contributed by atoms with Gasteiger partial charge in [-0.05, 0) is 40.2 Å². The first-order valence-corrected chi connectivity index (χ1v) is 7.28. The van der Waals surface area contributed by atoms with Crippen molar-refractivity contribution in [2.75, 3.05) is 5.32 Å². The lowest BCUT2D eigenvalue weighted by molar-refractivity contribution is 0.102. The molecular weight excluding hydrogens is 354 g/mol. The van der Waals surface area contributed by atoms with Gasteiger partial charge in [-0.2, -0.15) is 0 Å².